The highest BCUT2D eigenvalue weighted by Gasteiger charge is 2.11. The van der Waals surface area contributed by atoms with Crippen LogP contribution in [-0.4, -0.2) is 20.9 Å². The molecule has 0 atom stereocenters. The fraction of sp³-hybridized carbons (Fsp3) is 0.111. The second kappa shape index (κ2) is 7.47. The van der Waals surface area contributed by atoms with E-state index in [2.05, 4.69) is 20.3 Å². The lowest BCUT2D eigenvalue weighted by Gasteiger charge is -2.10. The largest absolute Gasteiger partial charge is 0.454 e. The van der Waals surface area contributed by atoms with E-state index in [4.69, 9.17) is 16.2 Å². The summed E-state index contributed by atoms with van der Waals surface area (Å²) in [5.41, 5.74) is 14.2. The quantitative estimate of drug-likeness (QED) is 0.472. The molecular weight excluding hydrogens is 332 g/mol. The van der Waals surface area contributed by atoms with Gasteiger partial charge in [0.25, 0.3) is 0 Å². The Labute approximate surface area is 150 Å². The highest BCUT2D eigenvalue weighted by Crippen LogP contribution is 2.18. The van der Waals surface area contributed by atoms with Crippen LogP contribution in [0.15, 0.2) is 48.5 Å². The maximum Gasteiger partial charge on any atom is 0.338 e. The number of hydrogen-bond donors (Lipinski definition) is 3. The van der Waals surface area contributed by atoms with Crippen LogP contribution < -0.4 is 16.8 Å². The number of aromatic nitrogens is 3. The van der Waals surface area contributed by atoms with E-state index in [0.717, 1.165) is 11.3 Å². The number of nitrogens with one attached hydrogen (secondary N) is 1. The lowest BCUT2D eigenvalue weighted by Crippen LogP contribution is -2.11. The van der Waals surface area contributed by atoms with Gasteiger partial charge in [0.2, 0.25) is 11.9 Å². The van der Waals surface area contributed by atoms with Gasteiger partial charge in [0.15, 0.2) is 12.4 Å². The molecule has 0 aliphatic carbocycles. The van der Waals surface area contributed by atoms with Crippen LogP contribution in [0.3, 0.4) is 0 Å². The average Bonchev–Trinajstić information content (AvgIpc) is 2.62. The van der Waals surface area contributed by atoms with Crippen molar-refractivity contribution < 1.29 is 9.53 Å². The van der Waals surface area contributed by atoms with Crippen molar-refractivity contribution in [1.82, 2.24) is 15.0 Å². The number of para-hydroxylation sites is 1. The van der Waals surface area contributed by atoms with Crippen LogP contribution in [0, 0.1) is 6.92 Å². The van der Waals surface area contributed by atoms with Crippen LogP contribution in [0.25, 0.3) is 0 Å². The number of nitrogens with two attached hydrogens (primary N) is 2. The van der Waals surface area contributed by atoms with Crippen LogP contribution in [0.5, 0.6) is 0 Å². The maximum absolute atomic E-state index is 12.1. The molecule has 132 valence electrons. The minimum absolute atomic E-state index is 0.0367. The van der Waals surface area contributed by atoms with Gasteiger partial charge in [-0.1, -0.05) is 18.2 Å². The Morgan fingerprint density at radius 3 is 2.50 bits per heavy atom. The summed E-state index contributed by atoms with van der Waals surface area (Å²) in [6.45, 7) is 1.83. The first-order valence-electron chi connectivity index (χ1n) is 7.87. The third-order valence-electron chi connectivity index (χ3n) is 3.57. The van der Waals surface area contributed by atoms with E-state index in [9.17, 15) is 4.79 Å². The summed E-state index contributed by atoms with van der Waals surface area (Å²) in [7, 11) is 0. The second-order valence-corrected chi connectivity index (χ2v) is 5.57. The zero-order valence-corrected chi connectivity index (χ0v) is 14.1. The number of ether oxygens (including phenoxy) is 1. The standard InChI is InChI=1S/C18H18N6O2/c1-11-4-2-3-5-14(11)21-18-23-15(22-17(20)24-18)10-26-16(25)12-6-8-13(19)9-7-12/h2-9H,10,19H2,1H3,(H3,20,21,22,23,24). The maximum atomic E-state index is 12.1. The Morgan fingerprint density at radius 2 is 1.77 bits per heavy atom. The molecule has 0 saturated carbocycles. The first-order valence-corrected chi connectivity index (χ1v) is 7.87. The molecule has 0 amide bonds. The SMILES string of the molecule is Cc1ccccc1Nc1nc(N)nc(COC(=O)c2ccc(N)cc2)n1. The molecule has 0 radical (unpaired) electrons. The number of carbonyl (C=O) groups excluding carboxylic acids is 1. The third kappa shape index (κ3) is 4.23. The summed E-state index contributed by atoms with van der Waals surface area (Å²) in [6, 6.07) is 14.1. The number of esters is 1. The van der Waals surface area contributed by atoms with Gasteiger partial charge in [-0.15, -0.1) is 0 Å². The van der Waals surface area contributed by atoms with Crippen molar-refractivity contribution in [3.63, 3.8) is 0 Å². The van der Waals surface area contributed by atoms with Crippen LogP contribution in [-0.2, 0) is 11.3 Å². The molecule has 8 heteroatoms. The number of rotatable bonds is 5. The molecule has 1 aromatic heterocycles. The molecule has 0 aliphatic rings. The van der Waals surface area contributed by atoms with Gasteiger partial charge in [-0.2, -0.15) is 15.0 Å². The van der Waals surface area contributed by atoms with Crippen molar-refractivity contribution in [3.05, 3.63) is 65.5 Å². The van der Waals surface area contributed by atoms with Crippen molar-refractivity contribution in [2.24, 2.45) is 0 Å². The summed E-state index contributed by atoms with van der Waals surface area (Å²) >= 11 is 0. The number of nitrogens with zero attached hydrogens (tertiary/aromatic N) is 3. The number of benzene rings is 2. The summed E-state index contributed by atoms with van der Waals surface area (Å²) in [5, 5.41) is 3.08. The number of anilines is 4. The Bertz CT molecular complexity index is 927. The Balaban J connectivity index is 1.70. The molecule has 0 unspecified atom stereocenters. The topological polar surface area (TPSA) is 129 Å². The van der Waals surface area contributed by atoms with Gasteiger partial charge in [-0.25, -0.2) is 4.79 Å². The fourth-order valence-electron chi connectivity index (χ4n) is 2.22. The van der Waals surface area contributed by atoms with E-state index in [1.165, 1.54) is 0 Å². The molecule has 26 heavy (non-hydrogen) atoms. The fourth-order valence-corrected chi connectivity index (χ4v) is 2.22. The molecular formula is C18H18N6O2. The van der Waals surface area contributed by atoms with Crippen molar-refractivity contribution in [1.29, 1.82) is 0 Å². The lowest BCUT2D eigenvalue weighted by atomic mass is 10.2. The Morgan fingerprint density at radius 1 is 1.04 bits per heavy atom. The van der Waals surface area contributed by atoms with Crippen LogP contribution in [0.2, 0.25) is 0 Å². The highest BCUT2D eigenvalue weighted by atomic mass is 16.5. The van der Waals surface area contributed by atoms with Crippen LogP contribution in [0.1, 0.15) is 21.7 Å². The predicted molar refractivity (Wildman–Crippen MR) is 98.7 cm³/mol. The van der Waals surface area contributed by atoms with Gasteiger partial charge in [0.05, 0.1) is 5.56 Å². The number of hydrogen-bond acceptors (Lipinski definition) is 8. The van der Waals surface area contributed by atoms with E-state index in [0.29, 0.717) is 11.3 Å². The minimum Gasteiger partial charge on any atom is -0.454 e. The number of nitrogen functional groups attached to an aromatic ring is 2. The van der Waals surface area contributed by atoms with E-state index in [1.807, 2.05) is 31.2 Å². The predicted octanol–water partition coefficient (Wildman–Crippen LogP) is 2.45. The number of aryl methyl sites for hydroxylation is 1. The molecule has 0 bridgehead atoms. The van der Waals surface area contributed by atoms with Gasteiger partial charge >= 0.3 is 5.97 Å². The van der Waals surface area contributed by atoms with Crippen LogP contribution >= 0.6 is 0 Å². The zero-order chi connectivity index (χ0) is 18.5. The molecule has 5 N–H and O–H groups in total. The van der Waals surface area contributed by atoms with E-state index >= 15 is 0 Å². The average molecular weight is 350 g/mol. The molecule has 2 aromatic carbocycles. The van der Waals surface area contributed by atoms with Gasteiger partial charge in [-0.05, 0) is 42.8 Å². The normalized spacial score (nSPS) is 10.3. The smallest absolute Gasteiger partial charge is 0.338 e. The van der Waals surface area contributed by atoms with Crippen molar-refractivity contribution in [2.75, 3.05) is 16.8 Å². The molecule has 3 aromatic rings. The van der Waals surface area contributed by atoms with Crippen molar-refractivity contribution in [3.8, 4) is 0 Å². The molecule has 8 nitrogen and oxygen atoms in total. The van der Waals surface area contributed by atoms with Crippen LogP contribution in [0.4, 0.5) is 23.3 Å². The second-order valence-electron chi connectivity index (χ2n) is 5.57. The van der Waals surface area contributed by atoms with Gasteiger partial charge < -0.3 is 21.5 Å². The van der Waals surface area contributed by atoms with Gasteiger partial charge in [0.1, 0.15) is 0 Å². The molecule has 0 saturated heterocycles. The van der Waals surface area contributed by atoms with E-state index in [1.54, 1.807) is 24.3 Å². The number of carbonyl (C=O) groups is 1. The molecule has 0 fully saturated rings. The van der Waals surface area contributed by atoms with E-state index in [-0.39, 0.29) is 24.3 Å². The third-order valence-corrected chi connectivity index (χ3v) is 3.57. The molecule has 0 aliphatic heterocycles. The Hall–Kier alpha value is -3.68. The monoisotopic (exact) mass is 350 g/mol. The minimum atomic E-state index is -0.502. The summed E-state index contributed by atoms with van der Waals surface area (Å²) in [4.78, 5) is 24.3. The zero-order valence-electron chi connectivity index (χ0n) is 14.1. The Kier molecular flexibility index (Phi) is 4.93. The van der Waals surface area contributed by atoms with E-state index < -0.39 is 5.97 Å². The summed E-state index contributed by atoms with van der Waals surface area (Å²) in [5.74, 6) is 0.0646. The summed E-state index contributed by atoms with van der Waals surface area (Å²) in [6.07, 6.45) is 0. The molecule has 3 rings (SSSR count). The first kappa shape index (κ1) is 17.2. The summed E-state index contributed by atoms with van der Waals surface area (Å²) < 4.78 is 5.22. The van der Waals surface area contributed by atoms with Crippen molar-refractivity contribution >= 4 is 29.2 Å². The lowest BCUT2D eigenvalue weighted by molar-refractivity contribution is 0.0462. The molecule has 1 heterocycles. The van der Waals surface area contributed by atoms with Gasteiger partial charge in [-0.3, -0.25) is 0 Å². The highest BCUT2D eigenvalue weighted by molar-refractivity contribution is 5.89. The van der Waals surface area contributed by atoms with Gasteiger partial charge in [0, 0.05) is 11.4 Å². The van der Waals surface area contributed by atoms with Crippen molar-refractivity contribution in [2.45, 2.75) is 13.5 Å². The first-order chi connectivity index (χ1) is 12.5. The molecule has 0 spiro atoms.